The number of rotatable bonds is 2. The van der Waals surface area contributed by atoms with E-state index in [0.29, 0.717) is 34.1 Å². The third kappa shape index (κ3) is 1.37. The van der Waals surface area contributed by atoms with Crippen LogP contribution in [0.5, 0.6) is 0 Å². The van der Waals surface area contributed by atoms with Crippen LogP contribution in [0.3, 0.4) is 0 Å². The number of nitrogens with one attached hydrogen (secondary N) is 1. The minimum absolute atomic E-state index is 0.339. The smallest absolute Gasteiger partial charge is 0.179 e. The van der Waals surface area contributed by atoms with E-state index in [2.05, 4.69) is 10.1 Å². The molecule has 0 saturated carbocycles. The zero-order valence-electron chi connectivity index (χ0n) is 9.53. The van der Waals surface area contributed by atoms with Gasteiger partial charge >= 0.3 is 0 Å². The molecule has 0 aliphatic rings. The molecule has 4 nitrogen and oxygen atoms in total. The van der Waals surface area contributed by atoms with Crippen molar-refractivity contribution in [2.24, 2.45) is 0 Å². The number of halogens is 1. The van der Waals surface area contributed by atoms with Crippen LogP contribution in [0.1, 0.15) is 16.1 Å². The predicted octanol–water partition coefficient (Wildman–Crippen LogP) is 3.08. The summed E-state index contributed by atoms with van der Waals surface area (Å²) in [7, 11) is 0. The molecule has 0 aliphatic heterocycles. The van der Waals surface area contributed by atoms with E-state index < -0.39 is 0 Å². The van der Waals surface area contributed by atoms with Crippen LogP contribution in [-0.4, -0.2) is 16.4 Å². The van der Waals surface area contributed by atoms with Gasteiger partial charge in [-0.2, -0.15) is 0 Å². The fraction of sp³-hybridized carbons (Fsp3) is 0.0769. The van der Waals surface area contributed by atoms with E-state index in [4.69, 9.17) is 4.52 Å². The van der Waals surface area contributed by atoms with E-state index in [1.54, 1.807) is 19.1 Å². The lowest BCUT2D eigenvalue weighted by atomic mass is 10.1. The van der Waals surface area contributed by atoms with Crippen molar-refractivity contribution in [2.45, 2.75) is 6.92 Å². The van der Waals surface area contributed by atoms with Crippen molar-refractivity contribution >= 4 is 17.2 Å². The van der Waals surface area contributed by atoms with Gasteiger partial charge in [-0.3, -0.25) is 4.79 Å². The highest BCUT2D eigenvalue weighted by molar-refractivity contribution is 5.99. The molecule has 2 aromatic heterocycles. The molecule has 0 spiro atoms. The number of aromatic amines is 1. The Hall–Kier alpha value is -2.43. The highest BCUT2D eigenvalue weighted by Crippen LogP contribution is 2.34. The van der Waals surface area contributed by atoms with E-state index >= 15 is 0 Å². The summed E-state index contributed by atoms with van der Waals surface area (Å²) in [6.45, 7) is 1.80. The van der Waals surface area contributed by atoms with Crippen molar-refractivity contribution < 1.29 is 13.7 Å². The van der Waals surface area contributed by atoms with E-state index in [9.17, 15) is 9.18 Å². The normalized spacial score (nSPS) is 11.0. The van der Waals surface area contributed by atoms with Gasteiger partial charge < -0.3 is 9.51 Å². The lowest BCUT2D eigenvalue weighted by Gasteiger charge is -1.97. The second-order valence-corrected chi connectivity index (χ2v) is 4.02. The molecule has 0 atom stereocenters. The third-order valence-electron chi connectivity index (χ3n) is 2.92. The Balaban J connectivity index is 2.39. The number of benzene rings is 1. The van der Waals surface area contributed by atoms with Crippen LogP contribution in [0, 0.1) is 12.7 Å². The molecule has 90 valence electrons. The lowest BCUT2D eigenvalue weighted by molar-refractivity contribution is 0.112. The Morgan fingerprint density at radius 3 is 3.06 bits per heavy atom. The predicted molar refractivity (Wildman–Crippen MR) is 63.9 cm³/mol. The summed E-state index contributed by atoms with van der Waals surface area (Å²) in [5.74, 6) is 0.0216. The van der Waals surface area contributed by atoms with Crippen molar-refractivity contribution in [3.63, 3.8) is 0 Å². The molecule has 3 rings (SSSR count). The summed E-state index contributed by atoms with van der Waals surface area (Å²) in [5.41, 5.74) is 2.15. The van der Waals surface area contributed by atoms with Gasteiger partial charge in [-0.25, -0.2) is 4.39 Å². The monoisotopic (exact) mass is 244 g/mol. The second-order valence-electron chi connectivity index (χ2n) is 4.02. The van der Waals surface area contributed by atoms with Gasteiger partial charge in [0, 0.05) is 16.6 Å². The van der Waals surface area contributed by atoms with Crippen LogP contribution in [0.25, 0.3) is 22.2 Å². The molecule has 18 heavy (non-hydrogen) atoms. The standard InChI is InChI=1S/C13H9FN2O2/c1-7-11(13-8(6-17)5-15-18-13)9-3-2-4-10(14)12(9)16-7/h2-6,16H,1H3. The quantitative estimate of drug-likeness (QED) is 0.705. The van der Waals surface area contributed by atoms with Crippen LogP contribution in [0.4, 0.5) is 4.39 Å². The summed E-state index contributed by atoms with van der Waals surface area (Å²) >= 11 is 0. The van der Waals surface area contributed by atoms with E-state index in [1.807, 2.05) is 0 Å². The van der Waals surface area contributed by atoms with Gasteiger partial charge in [0.2, 0.25) is 0 Å². The number of carbonyl (C=O) groups excluding carboxylic acids is 1. The third-order valence-corrected chi connectivity index (χ3v) is 2.92. The first-order valence-corrected chi connectivity index (χ1v) is 5.39. The second kappa shape index (κ2) is 3.80. The van der Waals surface area contributed by atoms with Gasteiger partial charge in [-0.1, -0.05) is 17.3 Å². The molecule has 2 heterocycles. The molecular weight excluding hydrogens is 235 g/mol. The van der Waals surface area contributed by atoms with Crippen LogP contribution in [-0.2, 0) is 0 Å². The molecule has 1 N–H and O–H groups in total. The molecule has 0 aliphatic carbocycles. The highest BCUT2D eigenvalue weighted by atomic mass is 19.1. The van der Waals surface area contributed by atoms with Crippen LogP contribution in [0.15, 0.2) is 28.9 Å². The van der Waals surface area contributed by atoms with Gasteiger partial charge in [0.1, 0.15) is 5.82 Å². The van der Waals surface area contributed by atoms with E-state index in [-0.39, 0.29) is 5.82 Å². The van der Waals surface area contributed by atoms with Gasteiger partial charge in [0.15, 0.2) is 12.0 Å². The van der Waals surface area contributed by atoms with Gasteiger partial charge in [-0.05, 0) is 13.0 Å². The summed E-state index contributed by atoms with van der Waals surface area (Å²) < 4.78 is 18.8. The summed E-state index contributed by atoms with van der Waals surface area (Å²) in [4.78, 5) is 13.9. The molecule has 0 unspecified atom stereocenters. The zero-order valence-corrected chi connectivity index (χ0v) is 9.53. The number of para-hydroxylation sites is 1. The van der Waals surface area contributed by atoms with Crippen LogP contribution in [0.2, 0.25) is 0 Å². The molecule has 0 bridgehead atoms. The lowest BCUT2D eigenvalue weighted by Crippen LogP contribution is -1.83. The Bertz CT molecular complexity index is 743. The minimum Gasteiger partial charge on any atom is -0.356 e. The number of aryl methyl sites for hydroxylation is 1. The van der Waals surface area contributed by atoms with Crippen molar-refractivity contribution in [1.82, 2.24) is 10.1 Å². The maximum Gasteiger partial charge on any atom is 0.179 e. The zero-order chi connectivity index (χ0) is 12.7. The Morgan fingerprint density at radius 2 is 2.28 bits per heavy atom. The topological polar surface area (TPSA) is 58.9 Å². The van der Waals surface area contributed by atoms with E-state index in [0.717, 1.165) is 5.69 Å². The Morgan fingerprint density at radius 1 is 1.44 bits per heavy atom. The van der Waals surface area contributed by atoms with Crippen molar-refractivity contribution in [3.8, 4) is 11.3 Å². The largest absolute Gasteiger partial charge is 0.356 e. The number of H-pyrrole nitrogens is 1. The molecule has 1 aromatic carbocycles. The number of hydrogen-bond acceptors (Lipinski definition) is 3. The average Bonchev–Trinajstić information content (AvgIpc) is 2.93. The summed E-state index contributed by atoms with van der Waals surface area (Å²) in [6, 6.07) is 4.77. The SMILES string of the molecule is Cc1[nH]c2c(F)cccc2c1-c1oncc1C=O. The van der Waals surface area contributed by atoms with Crippen LogP contribution >= 0.6 is 0 Å². The highest BCUT2D eigenvalue weighted by Gasteiger charge is 2.19. The number of aldehydes is 1. The first-order chi connectivity index (χ1) is 8.72. The number of hydrogen-bond donors (Lipinski definition) is 1. The number of aromatic nitrogens is 2. The fourth-order valence-electron chi connectivity index (χ4n) is 2.13. The van der Waals surface area contributed by atoms with Crippen molar-refractivity contribution in [1.29, 1.82) is 0 Å². The Kier molecular flexibility index (Phi) is 2.26. The maximum absolute atomic E-state index is 13.7. The minimum atomic E-state index is -0.339. The van der Waals surface area contributed by atoms with Crippen molar-refractivity contribution in [2.75, 3.05) is 0 Å². The first-order valence-electron chi connectivity index (χ1n) is 5.39. The number of nitrogens with zero attached hydrogens (tertiary/aromatic N) is 1. The van der Waals surface area contributed by atoms with Crippen LogP contribution < -0.4 is 0 Å². The maximum atomic E-state index is 13.7. The van der Waals surface area contributed by atoms with Crippen molar-refractivity contribution in [3.05, 3.63) is 41.5 Å². The molecule has 0 saturated heterocycles. The molecule has 0 radical (unpaired) electrons. The summed E-state index contributed by atoms with van der Waals surface area (Å²) in [5, 5.41) is 4.28. The number of carbonyl (C=O) groups is 1. The molecule has 5 heteroatoms. The van der Waals surface area contributed by atoms with Gasteiger partial charge in [0.25, 0.3) is 0 Å². The molecular formula is C13H9FN2O2. The molecule has 0 fully saturated rings. The molecule has 3 aromatic rings. The summed E-state index contributed by atoms with van der Waals surface area (Å²) in [6.07, 6.45) is 2.02. The number of fused-ring (bicyclic) bond motifs is 1. The van der Waals surface area contributed by atoms with Gasteiger partial charge in [-0.15, -0.1) is 0 Å². The fourth-order valence-corrected chi connectivity index (χ4v) is 2.13. The van der Waals surface area contributed by atoms with Gasteiger partial charge in [0.05, 0.1) is 17.3 Å². The first kappa shape index (κ1) is 10.7. The van der Waals surface area contributed by atoms with E-state index in [1.165, 1.54) is 12.3 Å². The average molecular weight is 244 g/mol. The molecule has 0 amide bonds. The Labute approximate surface area is 101 Å².